The number of nitrogens with zero attached hydrogens (tertiary/aromatic N) is 3. The van der Waals surface area contributed by atoms with Crippen molar-refractivity contribution in [1.82, 2.24) is 19.6 Å². The van der Waals surface area contributed by atoms with Crippen molar-refractivity contribution in [3.8, 4) is 0 Å². The van der Waals surface area contributed by atoms with E-state index in [0.717, 1.165) is 36.3 Å². The highest BCUT2D eigenvalue weighted by molar-refractivity contribution is 9.10. The molecule has 0 bridgehead atoms. The Morgan fingerprint density at radius 2 is 2.35 bits per heavy atom. The van der Waals surface area contributed by atoms with Gasteiger partial charge in [-0.1, -0.05) is 0 Å². The SMILES string of the molecule is C[C@H]1CNCCN1Cc1cc(=O)n2cc(Br)ccc2n1. The normalized spacial score (nSPS) is 20.4. The molecule has 0 spiro atoms. The first-order valence-corrected chi connectivity index (χ1v) is 7.55. The Labute approximate surface area is 125 Å². The van der Waals surface area contributed by atoms with E-state index in [1.54, 1.807) is 16.7 Å². The van der Waals surface area contributed by atoms with Crippen LogP contribution in [0.3, 0.4) is 0 Å². The average molecular weight is 337 g/mol. The highest BCUT2D eigenvalue weighted by Gasteiger charge is 2.18. The summed E-state index contributed by atoms with van der Waals surface area (Å²) in [7, 11) is 0. The molecule has 0 aliphatic carbocycles. The van der Waals surface area contributed by atoms with Crippen LogP contribution in [0.4, 0.5) is 0 Å². The lowest BCUT2D eigenvalue weighted by molar-refractivity contribution is 0.164. The highest BCUT2D eigenvalue weighted by Crippen LogP contribution is 2.11. The zero-order chi connectivity index (χ0) is 14.1. The first-order chi connectivity index (χ1) is 9.63. The molecule has 5 nitrogen and oxygen atoms in total. The smallest absolute Gasteiger partial charge is 0.258 e. The van der Waals surface area contributed by atoms with Crippen LogP contribution < -0.4 is 10.9 Å². The van der Waals surface area contributed by atoms with Gasteiger partial charge < -0.3 is 5.32 Å². The number of hydrogen-bond donors (Lipinski definition) is 1. The van der Waals surface area contributed by atoms with E-state index in [1.807, 2.05) is 12.1 Å². The molecule has 0 aromatic carbocycles. The van der Waals surface area contributed by atoms with Crippen LogP contribution in [-0.4, -0.2) is 40.0 Å². The number of pyridine rings is 1. The van der Waals surface area contributed by atoms with Crippen LogP contribution in [0.5, 0.6) is 0 Å². The molecule has 1 N–H and O–H groups in total. The van der Waals surface area contributed by atoms with Crippen molar-refractivity contribution in [3.63, 3.8) is 0 Å². The molecule has 1 fully saturated rings. The second-order valence-corrected chi connectivity index (χ2v) is 6.10. The van der Waals surface area contributed by atoms with Gasteiger partial charge in [0, 0.05) is 49.0 Å². The van der Waals surface area contributed by atoms with Gasteiger partial charge in [-0.05, 0) is 35.0 Å². The van der Waals surface area contributed by atoms with Crippen LogP contribution in [0.25, 0.3) is 5.65 Å². The fourth-order valence-electron chi connectivity index (χ4n) is 2.53. The zero-order valence-corrected chi connectivity index (χ0v) is 12.9. The summed E-state index contributed by atoms with van der Waals surface area (Å²) in [5.74, 6) is 0. The van der Waals surface area contributed by atoms with Gasteiger partial charge >= 0.3 is 0 Å². The summed E-state index contributed by atoms with van der Waals surface area (Å²) in [6.07, 6.45) is 1.75. The van der Waals surface area contributed by atoms with Gasteiger partial charge in [0.15, 0.2) is 0 Å². The van der Waals surface area contributed by atoms with E-state index in [9.17, 15) is 4.79 Å². The molecule has 0 saturated carbocycles. The Morgan fingerprint density at radius 1 is 1.50 bits per heavy atom. The van der Waals surface area contributed by atoms with Crippen molar-refractivity contribution in [1.29, 1.82) is 0 Å². The maximum atomic E-state index is 12.1. The van der Waals surface area contributed by atoms with Crippen LogP contribution in [-0.2, 0) is 6.54 Å². The third kappa shape index (κ3) is 2.77. The van der Waals surface area contributed by atoms with Gasteiger partial charge in [-0.25, -0.2) is 4.98 Å². The minimum absolute atomic E-state index is 0.0333. The van der Waals surface area contributed by atoms with E-state index < -0.39 is 0 Å². The van der Waals surface area contributed by atoms with Crippen LogP contribution in [0.1, 0.15) is 12.6 Å². The van der Waals surface area contributed by atoms with Crippen LogP contribution in [0.15, 0.2) is 33.7 Å². The van der Waals surface area contributed by atoms with Gasteiger partial charge in [-0.15, -0.1) is 0 Å². The van der Waals surface area contributed by atoms with Crippen LogP contribution >= 0.6 is 15.9 Å². The topological polar surface area (TPSA) is 49.6 Å². The average Bonchev–Trinajstić information content (AvgIpc) is 2.42. The van der Waals surface area contributed by atoms with Gasteiger partial charge in [-0.3, -0.25) is 14.1 Å². The molecular formula is C14H17BrN4O. The zero-order valence-electron chi connectivity index (χ0n) is 11.3. The molecule has 106 valence electrons. The Morgan fingerprint density at radius 3 is 3.15 bits per heavy atom. The summed E-state index contributed by atoms with van der Waals surface area (Å²) >= 11 is 3.37. The highest BCUT2D eigenvalue weighted by atomic mass is 79.9. The predicted molar refractivity (Wildman–Crippen MR) is 81.9 cm³/mol. The molecule has 3 rings (SSSR count). The third-order valence-electron chi connectivity index (χ3n) is 3.68. The van der Waals surface area contributed by atoms with Crippen LogP contribution in [0, 0.1) is 0 Å². The molecular weight excluding hydrogens is 320 g/mol. The molecule has 3 heterocycles. The minimum Gasteiger partial charge on any atom is -0.314 e. The Balaban J connectivity index is 1.92. The Bertz CT molecular complexity index is 684. The van der Waals surface area contributed by atoms with Crippen molar-refractivity contribution in [3.05, 3.63) is 44.9 Å². The summed E-state index contributed by atoms with van der Waals surface area (Å²) in [6, 6.07) is 5.86. The molecule has 0 amide bonds. The van der Waals surface area contributed by atoms with Crippen molar-refractivity contribution < 1.29 is 0 Å². The number of aromatic nitrogens is 2. The minimum atomic E-state index is -0.0333. The van der Waals surface area contributed by atoms with E-state index >= 15 is 0 Å². The lowest BCUT2D eigenvalue weighted by atomic mass is 10.2. The van der Waals surface area contributed by atoms with Crippen LogP contribution in [0.2, 0.25) is 0 Å². The van der Waals surface area contributed by atoms with E-state index in [-0.39, 0.29) is 5.56 Å². The molecule has 2 aromatic heterocycles. The predicted octanol–water partition coefficient (Wildman–Crippen LogP) is 1.25. The van der Waals surface area contributed by atoms with E-state index in [0.29, 0.717) is 11.7 Å². The summed E-state index contributed by atoms with van der Waals surface area (Å²) < 4.78 is 2.44. The first kappa shape index (κ1) is 13.7. The fourth-order valence-corrected chi connectivity index (χ4v) is 2.87. The number of rotatable bonds is 2. The molecule has 1 atom stereocenters. The van der Waals surface area contributed by atoms with Gasteiger partial charge in [0.05, 0.1) is 5.69 Å². The number of piperazine rings is 1. The lowest BCUT2D eigenvalue weighted by Crippen LogP contribution is -2.49. The molecule has 1 aliphatic rings. The van der Waals surface area contributed by atoms with Crippen molar-refractivity contribution in [2.45, 2.75) is 19.5 Å². The molecule has 0 radical (unpaired) electrons. The molecule has 6 heteroatoms. The summed E-state index contributed by atoms with van der Waals surface area (Å²) in [5, 5.41) is 3.36. The summed E-state index contributed by atoms with van der Waals surface area (Å²) in [4.78, 5) is 19.1. The standard InChI is InChI=1S/C14H17BrN4O/c1-10-7-16-4-5-18(10)9-12-6-14(20)19-8-11(15)2-3-13(19)17-12/h2-3,6,8,10,16H,4-5,7,9H2,1H3/t10-/m0/s1. The van der Waals surface area contributed by atoms with E-state index in [4.69, 9.17) is 0 Å². The summed E-state index contributed by atoms with van der Waals surface area (Å²) in [6.45, 7) is 5.88. The van der Waals surface area contributed by atoms with E-state index in [2.05, 4.69) is 38.1 Å². The van der Waals surface area contributed by atoms with Gasteiger partial charge in [-0.2, -0.15) is 0 Å². The molecule has 2 aromatic rings. The molecule has 1 saturated heterocycles. The number of halogens is 1. The Kier molecular flexibility index (Phi) is 3.87. The van der Waals surface area contributed by atoms with Crippen molar-refractivity contribution in [2.24, 2.45) is 0 Å². The number of hydrogen-bond acceptors (Lipinski definition) is 4. The quantitative estimate of drug-likeness (QED) is 0.896. The first-order valence-electron chi connectivity index (χ1n) is 6.76. The fraction of sp³-hybridized carbons (Fsp3) is 0.429. The number of fused-ring (bicyclic) bond motifs is 1. The maximum Gasteiger partial charge on any atom is 0.258 e. The number of nitrogens with one attached hydrogen (secondary N) is 1. The van der Waals surface area contributed by atoms with Crippen molar-refractivity contribution in [2.75, 3.05) is 19.6 Å². The third-order valence-corrected chi connectivity index (χ3v) is 4.15. The monoisotopic (exact) mass is 336 g/mol. The van der Waals surface area contributed by atoms with Crippen molar-refractivity contribution >= 4 is 21.6 Å². The molecule has 20 heavy (non-hydrogen) atoms. The van der Waals surface area contributed by atoms with Gasteiger partial charge in [0.1, 0.15) is 5.65 Å². The second-order valence-electron chi connectivity index (χ2n) is 5.18. The van der Waals surface area contributed by atoms with Gasteiger partial charge in [0.2, 0.25) is 0 Å². The summed E-state index contributed by atoms with van der Waals surface area (Å²) in [5.41, 5.74) is 1.50. The molecule has 0 unspecified atom stereocenters. The van der Waals surface area contributed by atoms with E-state index in [1.165, 1.54) is 0 Å². The largest absolute Gasteiger partial charge is 0.314 e. The maximum absolute atomic E-state index is 12.1. The second kappa shape index (κ2) is 5.63. The Hall–Kier alpha value is -1.24. The van der Waals surface area contributed by atoms with Gasteiger partial charge in [0.25, 0.3) is 5.56 Å². The lowest BCUT2D eigenvalue weighted by Gasteiger charge is -2.33. The molecule has 1 aliphatic heterocycles.